The highest BCUT2D eigenvalue weighted by Gasteiger charge is 2.20. The van der Waals surface area contributed by atoms with Crippen LogP contribution in [0.3, 0.4) is 0 Å². The first kappa shape index (κ1) is 11.2. The van der Waals surface area contributed by atoms with Crippen molar-refractivity contribution in [1.82, 2.24) is 9.78 Å². The Kier molecular flexibility index (Phi) is 3.03. The molecule has 2 aromatic rings. The van der Waals surface area contributed by atoms with E-state index in [1.54, 1.807) is 10.7 Å². The average molecular weight is 241 g/mol. The first-order valence-corrected chi connectivity index (χ1v) is 5.45. The minimum Gasteiger partial charge on any atom is -0.469 e. The molecule has 4 nitrogen and oxygen atoms in total. The van der Waals surface area contributed by atoms with Gasteiger partial charge >= 0.3 is 0 Å². The fraction of sp³-hybridized carbons (Fsp3) is 0.364. The van der Waals surface area contributed by atoms with Crippen LogP contribution in [0, 0.1) is 6.92 Å². The summed E-state index contributed by atoms with van der Waals surface area (Å²) in [4.78, 5) is 0. The van der Waals surface area contributed by atoms with Crippen LogP contribution in [0.1, 0.15) is 30.0 Å². The van der Waals surface area contributed by atoms with E-state index in [0.717, 1.165) is 5.76 Å². The van der Waals surface area contributed by atoms with Gasteiger partial charge in [-0.25, -0.2) is 0 Å². The predicted octanol–water partition coefficient (Wildman–Crippen LogP) is 2.54. The Morgan fingerprint density at radius 2 is 2.38 bits per heavy atom. The summed E-state index contributed by atoms with van der Waals surface area (Å²) in [5.74, 6) is 0.757. The van der Waals surface area contributed by atoms with Crippen molar-refractivity contribution in [2.75, 3.05) is 0 Å². The monoisotopic (exact) mass is 240 g/mol. The van der Waals surface area contributed by atoms with E-state index in [9.17, 15) is 5.11 Å². The molecule has 86 valence electrons. The molecule has 0 saturated carbocycles. The number of halogens is 1. The summed E-state index contributed by atoms with van der Waals surface area (Å²) in [6.45, 7) is 4.44. The van der Waals surface area contributed by atoms with E-state index in [0.29, 0.717) is 22.8 Å². The smallest absolute Gasteiger partial charge is 0.125 e. The van der Waals surface area contributed by atoms with Gasteiger partial charge < -0.3 is 9.52 Å². The van der Waals surface area contributed by atoms with Gasteiger partial charge in [0.2, 0.25) is 0 Å². The molecule has 16 heavy (non-hydrogen) atoms. The molecule has 0 aliphatic carbocycles. The first-order valence-electron chi connectivity index (χ1n) is 5.07. The standard InChI is InChI=1S/C11H13ClN2O2/c1-3-14-10(9(12)5-13-14)11(15)8-4-7(2)16-6-8/h4-6,11,15H,3H2,1-2H3. The third kappa shape index (κ3) is 1.86. The first-order chi connectivity index (χ1) is 7.63. The Morgan fingerprint density at radius 1 is 1.62 bits per heavy atom. The molecule has 5 heteroatoms. The van der Waals surface area contributed by atoms with Crippen LogP contribution in [0.4, 0.5) is 0 Å². The van der Waals surface area contributed by atoms with Crippen LogP contribution in [0.2, 0.25) is 5.02 Å². The quantitative estimate of drug-likeness (QED) is 0.897. The van der Waals surface area contributed by atoms with Gasteiger partial charge in [0.1, 0.15) is 11.9 Å². The van der Waals surface area contributed by atoms with Gasteiger partial charge in [0.05, 0.1) is 23.2 Å². The number of hydrogen-bond acceptors (Lipinski definition) is 3. The maximum atomic E-state index is 10.2. The molecule has 1 N–H and O–H groups in total. The fourth-order valence-corrected chi connectivity index (χ4v) is 1.91. The van der Waals surface area contributed by atoms with Gasteiger partial charge in [-0.2, -0.15) is 5.10 Å². The minimum atomic E-state index is -0.799. The molecule has 1 unspecified atom stereocenters. The van der Waals surface area contributed by atoms with Crippen molar-refractivity contribution in [3.63, 3.8) is 0 Å². The SMILES string of the molecule is CCn1ncc(Cl)c1C(O)c1coc(C)c1. The van der Waals surface area contributed by atoms with Gasteiger partial charge in [-0.1, -0.05) is 11.6 Å². The number of aryl methyl sites for hydroxylation is 2. The molecule has 2 heterocycles. The van der Waals surface area contributed by atoms with Crippen molar-refractivity contribution < 1.29 is 9.52 Å². The lowest BCUT2D eigenvalue weighted by Gasteiger charge is -2.11. The van der Waals surface area contributed by atoms with Crippen molar-refractivity contribution in [1.29, 1.82) is 0 Å². The van der Waals surface area contributed by atoms with Crippen LogP contribution < -0.4 is 0 Å². The number of aliphatic hydroxyl groups excluding tert-OH is 1. The fourth-order valence-electron chi connectivity index (χ4n) is 1.66. The summed E-state index contributed by atoms with van der Waals surface area (Å²) >= 11 is 6.00. The zero-order chi connectivity index (χ0) is 11.7. The lowest BCUT2D eigenvalue weighted by molar-refractivity contribution is 0.207. The Balaban J connectivity index is 2.40. The van der Waals surface area contributed by atoms with E-state index in [-0.39, 0.29) is 0 Å². The van der Waals surface area contributed by atoms with E-state index >= 15 is 0 Å². The molecule has 0 spiro atoms. The lowest BCUT2D eigenvalue weighted by atomic mass is 10.1. The number of rotatable bonds is 3. The van der Waals surface area contributed by atoms with Crippen molar-refractivity contribution in [2.45, 2.75) is 26.5 Å². The molecule has 0 bridgehead atoms. The highest BCUT2D eigenvalue weighted by molar-refractivity contribution is 6.31. The third-order valence-electron chi connectivity index (χ3n) is 2.46. The number of hydrogen-bond donors (Lipinski definition) is 1. The molecule has 1 atom stereocenters. The Hall–Kier alpha value is -1.26. The minimum absolute atomic E-state index is 0.466. The number of furan rings is 1. The molecule has 0 amide bonds. The topological polar surface area (TPSA) is 51.2 Å². The zero-order valence-electron chi connectivity index (χ0n) is 9.14. The maximum Gasteiger partial charge on any atom is 0.125 e. The summed E-state index contributed by atoms with van der Waals surface area (Å²) in [6.07, 6.45) is 2.27. The maximum absolute atomic E-state index is 10.2. The van der Waals surface area contributed by atoms with Crippen molar-refractivity contribution in [2.24, 2.45) is 0 Å². The Labute approximate surface area is 98.4 Å². The van der Waals surface area contributed by atoms with E-state index in [1.165, 1.54) is 12.5 Å². The second-order valence-corrected chi connectivity index (χ2v) is 3.99. The van der Waals surface area contributed by atoms with Gasteiger partial charge in [0.15, 0.2) is 0 Å². The van der Waals surface area contributed by atoms with E-state index in [2.05, 4.69) is 5.10 Å². The van der Waals surface area contributed by atoms with Crippen LogP contribution in [0.5, 0.6) is 0 Å². The van der Waals surface area contributed by atoms with Gasteiger partial charge in [0.25, 0.3) is 0 Å². The molecule has 2 aromatic heterocycles. The van der Waals surface area contributed by atoms with Crippen LogP contribution in [-0.4, -0.2) is 14.9 Å². The largest absolute Gasteiger partial charge is 0.469 e. The molecular formula is C11H13ClN2O2. The normalized spacial score (nSPS) is 13.0. The van der Waals surface area contributed by atoms with Crippen molar-refractivity contribution in [3.05, 3.63) is 40.6 Å². The van der Waals surface area contributed by atoms with Gasteiger partial charge in [-0.05, 0) is 19.9 Å². The number of nitrogens with zero attached hydrogens (tertiary/aromatic N) is 2. The van der Waals surface area contributed by atoms with E-state index in [4.69, 9.17) is 16.0 Å². The molecule has 0 saturated heterocycles. The summed E-state index contributed by atoms with van der Waals surface area (Å²) in [5.41, 5.74) is 1.29. The highest BCUT2D eigenvalue weighted by atomic mass is 35.5. The lowest BCUT2D eigenvalue weighted by Crippen LogP contribution is -2.08. The highest BCUT2D eigenvalue weighted by Crippen LogP contribution is 2.29. The molecule has 0 aliphatic rings. The van der Waals surface area contributed by atoms with Crippen molar-refractivity contribution >= 4 is 11.6 Å². The van der Waals surface area contributed by atoms with Crippen LogP contribution in [0.15, 0.2) is 22.9 Å². The molecule has 2 rings (SSSR count). The van der Waals surface area contributed by atoms with Crippen LogP contribution >= 0.6 is 11.6 Å². The van der Waals surface area contributed by atoms with E-state index < -0.39 is 6.10 Å². The second-order valence-electron chi connectivity index (χ2n) is 3.59. The Morgan fingerprint density at radius 3 is 2.94 bits per heavy atom. The summed E-state index contributed by atoms with van der Waals surface area (Å²) < 4.78 is 6.84. The van der Waals surface area contributed by atoms with Gasteiger partial charge in [-0.15, -0.1) is 0 Å². The summed E-state index contributed by atoms with van der Waals surface area (Å²) in [7, 11) is 0. The predicted molar refractivity (Wildman–Crippen MR) is 60.4 cm³/mol. The molecule has 0 radical (unpaired) electrons. The average Bonchev–Trinajstić information content (AvgIpc) is 2.83. The molecule has 0 aliphatic heterocycles. The Bertz CT molecular complexity index is 490. The van der Waals surface area contributed by atoms with Gasteiger partial charge in [-0.3, -0.25) is 4.68 Å². The van der Waals surface area contributed by atoms with Crippen LogP contribution in [-0.2, 0) is 6.54 Å². The number of aromatic nitrogens is 2. The van der Waals surface area contributed by atoms with Gasteiger partial charge in [0, 0.05) is 12.1 Å². The molecule has 0 fully saturated rings. The third-order valence-corrected chi connectivity index (χ3v) is 2.75. The summed E-state index contributed by atoms with van der Waals surface area (Å²) in [5, 5.41) is 14.7. The number of aliphatic hydroxyl groups is 1. The van der Waals surface area contributed by atoms with Crippen molar-refractivity contribution in [3.8, 4) is 0 Å². The van der Waals surface area contributed by atoms with Crippen LogP contribution in [0.25, 0.3) is 0 Å². The molecular weight excluding hydrogens is 228 g/mol. The van der Waals surface area contributed by atoms with E-state index in [1.807, 2.05) is 13.8 Å². The zero-order valence-corrected chi connectivity index (χ0v) is 9.90. The molecule has 0 aromatic carbocycles. The summed E-state index contributed by atoms with van der Waals surface area (Å²) in [6, 6.07) is 1.79. The second kappa shape index (κ2) is 4.31.